The topological polar surface area (TPSA) is 55.1 Å². The van der Waals surface area contributed by atoms with Crippen molar-refractivity contribution in [1.29, 1.82) is 0 Å². The number of anilines is 2. The Morgan fingerprint density at radius 1 is 1.26 bits per heavy atom. The summed E-state index contributed by atoms with van der Waals surface area (Å²) in [4.78, 5) is 11.9. The molecule has 98 valence electrons. The molecule has 0 atom stereocenters. The maximum absolute atomic E-state index is 13.4. The van der Waals surface area contributed by atoms with Crippen molar-refractivity contribution in [2.45, 2.75) is 13.3 Å². The van der Waals surface area contributed by atoms with Crippen molar-refractivity contribution in [3.63, 3.8) is 0 Å². The van der Waals surface area contributed by atoms with Crippen LogP contribution in [0.3, 0.4) is 0 Å². The number of carbonyl (C=O) groups excluding carboxylic acids is 1. The fourth-order valence-electron chi connectivity index (χ4n) is 1.79. The molecule has 0 aliphatic heterocycles. The van der Waals surface area contributed by atoms with Crippen LogP contribution in [0.2, 0.25) is 0 Å². The van der Waals surface area contributed by atoms with E-state index in [2.05, 4.69) is 5.32 Å². The summed E-state index contributed by atoms with van der Waals surface area (Å²) in [7, 11) is 0. The molecule has 0 fully saturated rings. The fraction of sp³-hybridized carbons (Fsp3) is 0.133. The van der Waals surface area contributed by atoms with E-state index in [1.54, 1.807) is 30.3 Å². The molecule has 0 saturated carbocycles. The smallest absolute Gasteiger partial charge is 0.228 e. The Morgan fingerprint density at radius 2 is 2.00 bits per heavy atom. The lowest BCUT2D eigenvalue weighted by Crippen LogP contribution is -2.16. The number of halogens is 1. The largest absolute Gasteiger partial charge is 0.397 e. The van der Waals surface area contributed by atoms with E-state index in [4.69, 9.17) is 5.73 Å². The molecular formula is C15H15FN2O. The third kappa shape index (κ3) is 3.31. The quantitative estimate of drug-likeness (QED) is 0.832. The van der Waals surface area contributed by atoms with Crippen LogP contribution in [0.1, 0.15) is 11.1 Å². The highest BCUT2D eigenvalue weighted by atomic mass is 19.1. The number of nitrogens with one attached hydrogen (secondary N) is 1. The van der Waals surface area contributed by atoms with Gasteiger partial charge in [0, 0.05) is 0 Å². The Balaban J connectivity index is 2.10. The zero-order valence-corrected chi connectivity index (χ0v) is 10.6. The zero-order chi connectivity index (χ0) is 13.8. The first-order valence-electron chi connectivity index (χ1n) is 5.95. The van der Waals surface area contributed by atoms with Crippen LogP contribution in [0.15, 0.2) is 42.5 Å². The van der Waals surface area contributed by atoms with E-state index in [0.29, 0.717) is 16.9 Å². The van der Waals surface area contributed by atoms with Gasteiger partial charge in [-0.25, -0.2) is 4.39 Å². The average Bonchev–Trinajstić information content (AvgIpc) is 2.37. The summed E-state index contributed by atoms with van der Waals surface area (Å²) in [6, 6.07) is 11.6. The lowest BCUT2D eigenvalue weighted by atomic mass is 10.1. The molecule has 0 aliphatic carbocycles. The molecule has 0 unspecified atom stereocenters. The number of hydrogen-bond acceptors (Lipinski definition) is 2. The number of amides is 1. The van der Waals surface area contributed by atoms with Crippen molar-refractivity contribution in [2.24, 2.45) is 0 Å². The van der Waals surface area contributed by atoms with Gasteiger partial charge < -0.3 is 11.1 Å². The summed E-state index contributed by atoms with van der Waals surface area (Å²) < 4.78 is 13.4. The van der Waals surface area contributed by atoms with Crippen LogP contribution < -0.4 is 11.1 Å². The van der Waals surface area contributed by atoms with Gasteiger partial charge in [0.25, 0.3) is 0 Å². The van der Waals surface area contributed by atoms with Gasteiger partial charge in [-0.3, -0.25) is 4.79 Å². The average molecular weight is 258 g/mol. The van der Waals surface area contributed by atoms with Crippen molar-refractivity contribution in [2.75, 3.05) is 11.1 Å². The van der Waals surface area contributed by atoms with Gasteiger partial charge in [0.15, 0.2) is 0 Å². The van der Waals surface area contributed by atoms with Crippen molar-refractivity contribution in [1.82, 2.24) is 0 Å². The highest BCUT2D eigenvalue weighted by molar-refractivity contribution is 5.95. The normalized spacial score (nSPS) is 10.2. The molecule has 4 heteroatoms. The molecule has 2 aromatic rings. The molecular weight excluding hydrogens is 243 g/mol. The molecule has 19 heavy (non-hydrogen) atoms. The lowest BCUT2D eigenvalue weighted by Gasteiger charge is -2.09. The van der Waals surface area contributed by atoms with Crippen molar-refractivity contribution >= 4 is 17.3 Å². The highest BCUT2D eigenvalue weighted by Gasteiger charge is 2.09. The van der Waals surface area contributed by atoms with Crippen LogP contribution in [0.5, 0.6) is 0 Å². The monoisotopic (exact) mass is 258 g/mol. The Morgan fingerprint density at radius 3 is 2.74 bits per heavy atom. The lowest BCUT2D eigenvalue weighted by molar-refractivity contribution is -0.115. The minimum absolute atomic E-state index is 0.0138. The maximum atomic E-state index is 13.4. The van der Waals surface area contributed by atoms with Crippen molar-refractivity contribution in [3.8, 4) is 0 Å². The predicted octanol–water partition coefficient (Wildman–Crippen LogP) is 2.90. The standard InChI is InChI=1S/C15H15FN2O/c1-10-6-7-13(17)14(8-10)18-15(19)9-11-4-2-3-5-12(11)16/h2-8H,9,17H2,1H3,(H,18,19). The van der Waals surface area contributed by atoms with E-state index in [9.17, 15) is 9.18 Å². The van der Waals surface area contributed by atoms with Gasteiger partial charge in [0.1, 0.15) is 5.82 Å². The Hall–Kier alpha value is -2.36. The third-order valence-corrected chi connectivity index (χ3v) is 2.79. The second-order valence-corrected chi connectivity index (χ2v) is 4.41. The summed E-state index contributed by atoms with van der Waals surface area (Å²) in [5, 5.41) is 2.70. The summed E-state index contributed by atoms with van der Waals surface area (Å²) in [6.07, 6.45) is -0.0138. The SMILES string of the molecule is Cc1ccc(N)c(NC(=O)Cc2ccccc2F)c1. The predicted molar refractivity (Wildman–Crippen MR) is 74.3 cm³/mol. The Labute approximate surface area is 111 Å². The maximum Gasteiger partial charge on any atom is 0.228 e. The summed E-state index contributed by atoms with van der Waals surface area (Å²) in [6.45, 7) is 1.91. The van der Waals surface area contributed by atoms with Gasteiger partial charge in [0.2, 0.25) is 5.91 Å². The third-order valence-electron chi connectivity index (χ3n) is 2.79. The van der Waals surface area contributed by atoms with E-state index >= 15 is 0 Å². The molecule has 0 aromatic heterocycles. The minimum atomic E-state index is -0.380. The van der Waals surface area contributed by atoms with Crippen LogP contribution in [-0.4, -0.2) is 5.91 Å². The molecule has 0 saturated heterocycles. The van der Waals surface area contributed by atoms with E-state index in [-0.39, 0.29) is 18.1 Å². The minimum Gasteiger partial charge on any atom is -0.397 e. The van der Waals surface area contributed by atoms with E-state index in [1.165, 1.54) is 6.07 Å². The van der Waals surface area contributed by atoms with E-state index in [1.807, 2.05) is 13.0 Å². The van der Waals surface area contributed by atoms with Crippen molar-refractivity contribution < 1.29 is 9.18 Å². The zero-order valence-electron chi connectivity index (χ0n) is 10.6. The van der Waals surface area contributed by atoms with Crippen LogP contribution in [-0.2, 0) is 11.2 Å². The molecule has 2 aromatic carbocycles. The molecule has 2 rings (SSSR count). The first-order chi connectivity index (χ1) is 9.06. The fourth-order valence-corrected chi connectivity index (χ4v) is 1.79. The van der Waals surface area contributed by atoms with Crippen molar-refractivity contribution in [3.05, 3.63) is 59.4 Å². The molecule has 3 nitrogen and oxygen atoms in total. The van der Waals surface area contributed by atoms with Crippen LogP contribution in [0, 0.1) is 12.7 Å². The second kappa shape index (κ2) is 5.52. The molecule has 3 N–H and O–H groups in total. The summed E-state index contributed by atoms with van der Waals surface area (Å²) in [5.74, 6) is -0.669. The van der Waals surface area contributed by atoms with E-state index < -0.39 is 0 Å². The molecule has 1 amide bonds. The molecule has 0 spiro atoms. The number of benzene rings is 2. The molecule has 0 bridgehead atoms. The summed E-state index contributed by atoms with van der Waals surface area (Å²) in [5.41, 5.74) is 8.18. The molecule has 0 radical (unpaired) electrons. The first kappa shape index (κ1) is 13.1. The van der Waals surface area contributed by atoms with Gasteiger partial charge in [-0.15, -0.1) is 0 Å². The van der Waals surface area contributed by atoms with Crippen LogP contribution in [0.25, 0.3) is 0 Å². The first-order valence-corrected chi connectivity index (χ1v) is 5.95. The van der Waals surface area contributed by atoms with Gasteiger partial charge in [-0.2, -0.15) is 0 Å². The molecule has 0 aliphatic rings. The highest BCUT2D eigenvalue weighted by Crippen LogP contribution is 2.20. The number of aryl methyl sites for hydroxylation is 1. The number of rotatable bonds is 3. The van der Waals surface area contributed by atoms with Gasteiger partial charge >= 0.3 is 0 Å². The summed E-state index contributed by atoms with van der Waals surface area (Å²) >= 11 is 0. The Kier molecular flexibility index (Phi) is 3.80. The number of nitrogen functional groups attached to an aromatic ring is 1. The number of carbonyl (C=O) groups is 1. The molecule has 0 heterocycles. The van der Waals surface area contributed by atoms with Crippen LogP contribution >= 0.6 is 0 Å². The number of nitrogens with two attached hydrogens (primary N) is 1. The second-order valence-electron chi connectivity index (χ2n) is 4.41. The van der Waals surface area contributed by atoms with Gasteiger partial charge in [-0.05, 0) is 36.2 Å². The van der Waals surface area contributed by atoms with E-state index in [0.717, 1.165) is 5.56 Å². The van der Waals surface area contributed by atoms with Gasteiger partial charge in [0.05, 0.1) is 17.8 Å². The Bertz CT molecular complexity index is 611. The number of hydrogen-bond donors (Lipinski definition) is 2. The van der Waals surface area contributed by atoms with Gasteiger partial charge in [-0.1, -0.05) is 24.3 Å². The van der Waals surface area contributed by atoms with Crippen LogP contribution in [0.4, 0.5) is 15.8 Å².